The molecular weight excluding hydrogens is 252 g/mol. The van der Waals surface area contributed by atoms with Gasteiger partial charge in [-0.2, -0.15) is 0 Å². The molecule has 2 N–H and O–H groups in total. The number of hydrogen-bond donors (Lipinski definition) is 2. The fraction of sp³-hybridized carbons (Fsp3) is 0.938. The van der Waals surface area contributed by atoms with Crippen LogP contribution in [-0.4, -0.2) is 30.8 Å². The monoisotopic (exact) mass is 282 g/mol. The van der Waals surface area contributed by atoms with Gasteiger partial charge in [0.05, 0.1) is 0 Å². The second-order valence-electron chi connectivity index (χ2n) is 7.46. The molecule has 0 bridgehead atoms. The molecule has 0 saturated heterocycles. The molecular formula is C16H30N2O2. The van der Waals surface area contributed by atoms with Gasteiger partial charge in [0.1, 0.15) is 5.60 Å². The second-order valence-corrected chi connectivity index (χ2v) is 7.46. The van der Waals surface area contributed by atoms with Crippen molar-refractivity contribution in [2.75, 3.05) is 13.1 Å². The van der Waals surface area contributed by atoms with Gasteiger partial charge in [-0.3, -0.25) is 0 Å². The lowest BCUT2D eigenvalue weighted by atomic mass is 9.81. The number of nitrogens with one attached hydrogen (secondary N) is 2. The molecule has 2 fully saturated rings. The van der Waals surface area contributed by atoms with Crippen molar-refractivity contribution in [3.8, 4) is 0 Å². The van der Waals surface area contributed by atoms with Gasteiger partial charge in [0.25, 0.3) is 0 Å². The van der Waals surface area contributed by atoms with Crippen molar-refractivity contribution in [3.63, 3.8) is 0 Å². The van der Waals surface area contributed by atoms with Crippen LogP contribution in [0, 0.1) is 11.8 Å². The van der Waals surface area contributed by atoms with Gasteiger partial charge in [-0.25, -0.2) is 4.79 Å². The Labute approximate surface area is 123 Å². The molecule has 0 aliphatic heterocycles. The molecule has 1 amide bonds. The Hall–Kier alpha value is -0.770. The third kappa shape index (κ3) is 6.12. The highest BCUT2D eigenvalue weighted by Gasteiger charge is 2.26. The van der Waals surface area contributed by atoms with E-state index in [1.54, 1.807) is 0 Å². The van der Waals surface area contributed by atoms with E-state index in [9.17, 15) is 4.79 Å². The number of rotatable bonds is 5. The summed E-state index contributed by atoms with van der Waals surface area (Å²) in [5.74, 6) is 1.40. The number of carbonyl (C=O) groups excluding carboxylic acids is 1. The Bertz CT molecular complexity index is 321. The first-order valence-electron chi connectivity index (χ1n) is 8.12. The first kappa shape index (κ1) is 15.6. The third-order valence-electron chi connectivity index (χ3n) is 4.10. The van der Waals surface area contributed by atoms with Gasteiger partial charge in [-0.15, -0.1) is 0 Å². The van der Waals surface area contributed by atoms with Crippen LogP contribution in [0.1, 0.15) is 59.3 Å². The molecule has 0 heterocycles. The SMILES string of the molecule is CC(C)(C)OC(=O)NCC1CCCC(CNC2CC2)C1. The highest BCUT2D eigenvalue weighted by molar-refractivity contribution is 5.67. The van der Waals surface area contributed by atoms with Crippen LogP contribution in [0.25, 0.3) is 0 Å². The average molecular weight is 282 g/mol. The lowest BCUT2D eigenvalue weighted by Crippen LogP contribution is -2.37. The van der Waals surface area contributed by atoms with Crippen molar-refractivity contribution in [1.82, 2.24) is 10.6 Å². The number of alkyl carbamates (subject to hydrolysis) is 1. The van der Waals surface area contributed by atoms with E-state index in [2.05, 4.69) is 10.6 Å². The van der Waals surface area contributed by atoms with E-state index < -0.39 is 5.60 Å². The molecule has 0 radical (unpaired) electrons. The van der Waals surface area contributed by atoms with Gasteiger partial charge in [0.15, 0.2) is 0 Å². The molecule has 116 valence electrons. The van der Waals surface area contributed by atoms with Crippen LogP contribution in [0.4, 0.5) is 4.79 Å². The summed E-state index contributed by atoms with van der Waals surface area (Å²) in [6.07, 6.45) is 7.52. The van der Waals surface area contributed by atoms with Gasteiger partial charge in [-0.05, 0) is 71.3 Å². The Morgan fingerprint density at radius 3 is 2.35 bits per heavy atom. The lowest BCUT2D eigenvalue weighted by molar-refractivity contribution is 0.0512. The van der Waals surface area contributed by atoms with Gasteiger partial charge < -0.3 is 15.4 Å². The molecule has 2 atom stereocenters. The van der Waals surface area contributed by atoms with Crippen molar-refractivity contribution in [3.05, 3.63) is 0 Å². The van der Waals surface area contributed by atoms with E-state index in [-0.39, 0.29) is 6.09 Å². The topological polar surface area (TPSA) is 50.4 Å². The van der Waals surface area contributed by atoms with E-state index in [1.807, 2.05) is 20.8 Å². The molecule has 4 heteroatoms. The summed E-state index contributed by atoms with van der Waals surface area (Å²) in [6.45, 7) is 7.61. The van der Waals surface area contributed by atoms with Crippen LogP contribution in [0.5, 0.6) is 0 Å². The average Bonchev–Trinajstić information content (AvgIpc) is 3.16. The van der Waals surface area contributed by atoms with Gasteiger partial charge in [0, 0.05) is 12.6 Å². The van der Waals surface area contributed by atoms with E-state index >= 15 is 0 Å². The van der Waals surface area contributed by atoms with E-state index in [0.717, 1.165) is 25.0 Å². The first-order chi connectivity index (χ1) is 9.42. The van der Waals surface area contributed by atoms with E-state index in [0.29, 0.717) is 5.92 Å². The number of amides is 1. The van der Waals surface area contributed by atoms with Crippen molar-refractivity contribution < 1.29 is 9.53 Å². The quantitative estimate of drug-likeness (QED) is 0.815. The summed E-state index contributed by atoms with van der Waals surface area (Å²) in [5.41, 5.74) is -0.409. The summed E-state index contributed by atoms with van der Waals surface area (Å²) in [4.78, 5) is 11.7. The standard InChI is InChI=1S/C16H30N2O2/c1-16(2,3)20-15(19)18-11-13-6-4-5-12(9-13)10-17-14-7-8-14/h12-14,17H,4-11H2,1-3H3,(H,18,19). The summed E-state index contributed by atoms with van der Waals surface area (Å²) in [6, 6.07) is 0.801. The van der Waals surface area contributed by atoms with Gasteiger partial charge >= 0.3 is 6.09 Å². The minimum atomic E-state index is -0.409. The number of ether oxygens (including phenoxy) is 1. The van der Waals surface area contributed by atoms with Crippen LogP contribution in [0.2, 0.25) is 0 Å². The third-order valence-corrected chi connectivity index (χ3v) is 4.10. The smallest absolute Gasteiger partial charge is 0.407 e. The molecule has 0 aromatic rings. The normalized spacial score (nSPS) is 27.1. The number of carbonyl (C=O) groups is 1. The Morgan fingerprint density at radius 1 is 1.10 bits per heavy atom. The van der Waals surface area contributed by atoms with Gasteiger partial charge in [0.2, 0.25) is 0 Å². The maximum Gasteiger partial charge on any atom is 0.407 e. The zero-order valence-corrected chi connectivity index (χ0v) is 13.2. The molecule has 4 nitrogen and oxygen atoms in total. The van der Waals surface area contributed by atoms with Crippen molar-refractivity contribution in [2.24, 2.45) is 11.8 Å². The Morgan fingerprint density at radius 2 is 1.75 bits per heavy atom. The largest absolute Gasteiger partial charge is 0.444 e. The minimum Gasteiger partial charge on any atom is -0.444 e. The fourth-order valence-electron chi connectivity index (χ4n) is 2.94. The minimum absolute atomic E-state index is 0.282. The summed E-state index contributed by atoms with van der Waals surface area (Å²) >= 11 is 0. The van der Waals surface area contributed by atoms with Crippen molar-refractivity contribution in [1.29, 1.82) is 0 Å². The van der Waals surface area contributed by atoms with Crippen LogP contribution in [-0.2, 0) is 4.74 Å². The van der Waals surface area contributed by atoms with Crippen LogP contribution in [0.15, 0.2) is 0 Å². The highest BCUT2D eigenvalue weighted by atomic mass is 16.6. The molecule has 0 aromatic heterocycles. The number of hydrogen-bond acceptors (Lipinski definition) is 3. The van der Waals surface area contributed by atoms with Crippen LogP contribution in [0.3, 0.4) is 0 Å². The maximum atomic E-state index is 11.7. The van der Waals surface area contributed by atoms with Crippen molar-refractivity contribution >= 4 is 6.09 Å². The van der Waals surface area contributed by atoms with Gasteiger partial charge in [-0.1, -0.05) is 6.42 Å². The molecule has 2 rings (SSSR count). The lowest BCUT2D eigenvalue weighted by Gasteiger charge is -2.30. The molecule has 0 aromatic carbocycles. The van der Waals surface area contributed by atoms with E-state index in [1.165, 1.54) is 38.5 Å². The first-order valence-corrected chi connectivity index (χ1v) is 8.12. The maximum absolute atomic E-state index is 11.7. The zero-order valence-electron chi connectivity index (χ0n) is 13.2. The zero-order chi connectivity index (χ0) is 14.6. The molecule has 2 aliphatic carbocycles. The highest BCUT2D eigenvalue weighted by Crippen LogP contribution is 2.29. The molecule has 20 heavy (non-hydrogen) atoms. The predicted molar refractivity (Wildman–Crippen MR) is 80.7 cm³/mol. The Balaban J connectivity index is 1.63. The molecule has 2 aliphatic rings. The van der Waals surface area contributed by atoms with Crippen molar-refractivity contribution in [2.45, 2.75) is 70.9 Å². The predicted octanol–water partition coefficient (Wildman–Crippen LogP) is 3.07. The molecule has 2 saturated carbocycles. The summed E-state index contributed by atoms with van der Waals surface area (Å²) in [7, 11) is 0. The second kappa shape index (κ2) is 6.79. The molecule has 0 spiro atoms. The Kier molecular flexibility index (Phi) is 5.30. The summed E-state index contributed by atoms with van der Waals surface area (Å²) in [5, 5.41) is 6.56. The van der Waals surface area contributed by atoms with E-state index in [4.69, 9.17) is 4.74 Å². The molecule has 2 unspecified atom stereocenters. The fourth-order valence-corrected chi connectivity index (χ4v) is 2.94. The summed E-state index contributed by atoms with van der Waals surface area (Å²) < 4.78 is 5.28. The van der Waals surface area contributed by atoms with Crippen LogP contribution >= 0.6 is 0 Å². The van der Waals surface area contributed by atoms with Crippen LogP contribution < -0.4 is 10.6 Å².